The van der Waals surface area contributed by atoms with Crippen molar-refractivity contribution in [3.63, 3.8) is 0 Å². The normalized spacial score (nSPS) is 23.0. The molecule has 2 saturated carbocycles. The third-order valence-electron chi connectivity index (χ3n) is 4.64. The van der Waals surface area contributed by atoms with Gasteiger partial charge in [0.25, 0.3) is 0 Å². The average molecular weight is 338 g/mol. The second kappa shape index (κ2) is 7.79. The van der Waals surface area contributed by atoms with Gasteiger partial charge < -0.3 is 16.4 Å². The van der Waals surface area contributed by atoms with Gasteiger partial charge in [-0.3, -0.25) is 9.59 Å². The lowest BCUT2D eigenvalue weighted by atomic mass is 9.95. The van der Waals surface area contributed by atoms with E-state index in [9.17, 15) is 9.59 Å². The third kappa shape index (κ3) is 4.45. The van der Waals surface area contributed by atoms with Crippen molar-refractivity contribution in [2.75, 3.05) is 17.2 Å². The van der Waals surface area contributed by atoms with Gasteiger partial charge in [0.1, 0.15) is 0 Å². The fourth-order valence-electron chi connectivity index (χ4n) is 3.16. The number of nitrogens with two attached hydrogens (primary N) is 1. The summed E-state index contributed by atoms with van der Waals surface area (Å²) in [6, 6.07) is 7.34. The maximum absolute atomic E-state index is 12.4. The van der Waals surface area contributed by atoms with E-state index in [0.717, 1.165) is 43.5 Å². The minimum Gasteiger partial charge on any atom is -0.330 e. The van der Waals surface area contributed by atoms with Crippen molar-refractivity contribution in [3.05, 3.63) is 24.3 Å². The van der Waals surface area contributed by atoms with Crippen LogP contribution >= 0.6 is 12.4 Å². The molecular formula is C17H24ClN3O2. The van der Waals surface area contributed by atoms with Crippen LogP contribution < -0.4 is 16.4 Å². The van der Waals surface area contributed by atoms with Crippen LogP contribution in [0.25, 0.3) is 0 Å². The molecule has 2 fully saturated rings. The Labute approximate surface area is 142 Å². The first kappa shape index (κ1) is 17.8. The van der Waals surface area contributed by atoms with Crippen LogP contribution in [0.3, 0.4) is 0 Å². The summed E-state index contributed by atoms with van der Waals surface area (Å²) in [5.74, 6) is 0.579. The van der Waals surface area contributed by atoms with E-state index in [0.29, 0.717) is 6.54 Å². The molecule has 3 rings (SSSR count). The minimum absolute atomic E-state index is 0. The zero-order chi connectivity index (χ0) is 15.5. The zero-order valence-corrected chi connectivity index (χ0v) is 13.9. The van der Waals surface area contributed by atoms with Gasteiger partial charge >= 0.3 is 0 Å². The largest absolute Gasteiger partial charge is 0.330 e. The van der Waals surface area contributed by atoms with Gasteiger partial charge in [-0.2, -0.15) is 0 Å². The molecule has 23 heavy (non-hydrogen) atoms. The molecule has 0 aliphatic heterocycles. The van der Waals surface area contributed by atoms with Gasteiger partial charge in [-0.25, -0.2) is 0 Å². The van der Waals surface area contributed by atoms with Gasteiger partial charge in [0.15, 0.2) is 0 Å². The van der Waals surface area contributed by atoms with Crippen LogP contribution in [0.15, 0.2) is 24.3 Å². The molecule has 2 aliphatic rings. The highest BCUT2D eigenvalue weighted by atomic mass is 35.5. The molecule has 0 saturated heterocycles. The second-order valence-electron chi connectivity index (χ2n) is 6.37. The van der Waals surface area contributed by atoms with Crippen LogP contribution in [0.5, 0.6) is 0 Å². The summed E-state index contributed by atoms with van der Waals surface area (Å²) < 4.78 is 0. The van der Waals surface area contributed by atoms with Gasteiger partial charge in [0.2, 0.25) is 11.8 Å². The van der Waals surface area contributed by atoms with Crippen LogP contribution in [0, 0.1) is 17.8 Å². The molecule has 1 aromatic rings. The second-order valence-corrected chi connectivity index (χ2v) is 6.37. The Morgan fingerprint density at radius 2 is 1.70 bits per heavy atom. The monoisotopic (exact) mass is 337 g/mol. The van der Waals surface area contributed by atoms with Crippen LogP contribution in [0.4, 0.5) is 11.4 Å². The van der Waals surface area contributed by atoms with Crippen molar-refractivity contribution in [1.29, 1.82) is 0 Å². The molecule has 126 valence electrons. The fourth-order valence-corrected chi connectivity index (χ4v) is 3.16. The van der Waals surface area contributed by atoms with Crippen molar-refractivity contribution in [1.82, 2.24) is 0 Å². The predicted octanol–water partition coefficient (Wildman–Crippen LogP) is 2.77. The fraction of sp³-hybridized carbons (Fsp3) is 0.529. The molecule has 4 N–H and O–H groups in total. The van der Waals surface area contributed by atoms with Crippen LogP contribution in [0.2, 0.25) is 0 Å². The van der Waals surface area contributed by atoms with E-state index in [1.807, 2.05) is 24.3 Å². The van der Waals surface area contributed by atoms with Crippen molar-refractivity contribution >= 4 is 35.6 Å². The Morgan fingerprint density at radius 1 is 1.04 bits per heavy atom. The van der Waals surface area contributed by atoms with E-state index in [-0.39, 0.29) is 42.0 Å². The van der Waals surface area contributed by atoms with E-state index in [1.54, 1.807) is 0 Å². The van der Waals surface area contributed by atoms with Gasteiger partial charge in [-0.05, 0) is 56.3 Å². The Kier molecular flexibility index (Phi) is 6.02. The topological polar surface area (TPSA) is 84.2 Å². The third-order valence-corrected chi connectivity index (χ3v) is 4.64. The summed E-state index contributed by atoms with van der Waals surface area (Å²) >= 11 is 0. The van der Waals surface area contributed by atoms with Crippen molar-refractivity contribution in [2.45, 2.75) is 32.1 Å². The zero-order valence-electron chi connectivity index (χ0n) is 13.1. The highest BCUT2D eigenvalue weighted by Crippen LogP contribution is 2.32. The first-order valence-electron chi connectivity index (χ1n) is 8.09. The van der Waals surface area contributed by atoms with E-state index >= 15 is 0 Å². The maximum atomic E-state index is 12.4. The molecular weight excluding hydrogens is 314 g/mol. The molecule has 0 heterocycles. The number of benzene rings is 1. The maximum Gasteiger partial charge on any atom is 0.227 e. The Balaban J connectivity index is 0.00000192. The molecule has 2 atom stereocenters. The van der Waals surface area contributed by atoms with Gasteiger partial charge in [0, 0.05) is 23.2 Å². The molecule has 1 aromatic carbocycles. The number of hydrogen-bond donors (Lipinski definition) is 3. The minimum atomic E-state index is 0. The number of nitrogens with one attached hydrogen (secondary N) is 2. The molecule has 0 radical (unpaired) electrons. The summed E-state index contributed by atoms with van der Waals surface area (Å²) in [6.07, 6.45) is 4.96. The highest BCUT2D eigenvalue weighted by molar-refractivity contribution is 5.96. The highest BCUT2D eigenvalue weighted by Gasteiger charge is 2.32. The first-order valence-corrected chi connectivity index (χ1v) is 8.09. The lowest BCUT2D eigenvalue weighted by Crippen LogP contribution is -2.29. The standard InChI is InChI=1S/C17H23N3O2.ClH/c18-10-12-3-1-6-15(12)17(22)20-14-5-2-4-13(9-14)19-16(21)11-7-8-11;/h2,4-5,9,11-12,15H,1,3,6-8,10,18H2,(H,19,21)(H,20,22);1H/t12-,15-;/m1./s1. The van der Waals surface area contributed by atoms with Gasteiger partial charge in [-0.15, -0.1) is 12.4 Å². The quantitative estimate of drug-likeness (QED) is 0.772. The molecule has 0 bridgehead atoms. The number of anilines is 2. The Bertz CT molecular complexity index is 575. The number of rotatable bonds is 5. The SMILES string of the molecule is Cl.NC[C@H]1CCC[C@H]1C(=O)Nc1cccc(NC(=O)C2CC2)c1. The number of amides is 2. The molecule has 0 unspecified atom stereocenters. The lowest BCUT2D eigenvalue weighted by molar-refractivity contribution is -0.120. The number of carbonyl (C=O) groups is 2. The van der Waals surface area contributed by atoms with Crippen LogP contribution in [0.1, 0.15) is 32.1 Å². The van der Waals surface area contributed by atoms with E-state index in [1.165, 1.54) is 0 Å². The predicted molar refractivity (Wildman–Crippen MR) is 93.6 cm³/mol. The number of halogens is 1. The lowest BCUT2D eigenvalue weighted by Gasteiger charge is -2.17. The Hall–Kier alpha value is -1.59. The van der Waals surface area contributed by atoms with Gasteiger partial charge in [0.05, 0.1) is 0 Å². The molecule has 2 amide bonds. The van der Waals surface area contributed by atoms with Crippen LogP contribution in [-0.2, 0) is 9.59 Å². The smallest absolute Gasteiger partial charge is 0.227 e. The van der Waals surface area contributed by atoms with E-state index in [2.05, 4.69) is 10.6 Å². The summed E-state index contributed by atoms with van der Waals surface area (Å²) in [4.78, 5) is 24.2. The number of hydrogen-bond acceptors (Lipinski definition) is 3. The molecule has 2 aliphatic carbocycles. The van der Waals surface area contributed by atoms with E-state index < -0.39 is 0 Å². The van der Waals surface area contributed by atoms with Gasteiger partial charge in [-0.1, -0.05) is 12.5 Å². The summed E-state index contributed by atoms with van der Waals surface area (Å²) in [5, 5.41) is 5.86. The summed E-state index contributed by atoms with van der Waals surface area (Å²) in [5.41, 5.74) is 7.20. The molecule has 6 heteroatoms. The summed E-state index contributed by atoms with van der Waals surface area (Å²) in [6.45, 7) is 0.565. The number of carbonyl (C=O) groups excluding carboxylic acids is 2. The first-order chi connectivity index (χ1) is 10.7. The Morgan fingerprint density at radius 3 is 2.30 bits per heavy atom. The molecule has 5 nitrogen and oxygen atoms in total. The van der Waals surface area contributed by atoms with Crippen molar-refractivity contribution in [3.8, 4) is 0 Å². The summed E-state index contributed by atoms with van der Waals surface area (Å²) in [7, 11) is 0. The molecule has 0 spiro atoms. The van der Waals surface area contributed by atoms with Crippen molar-refractivity contribution < 1.29 is 9.59 Å². The average Bonchev–Trinajstić information content (AvgIpc) is 3.25. The van der Waals surface area contributed by atoms with Crippen LogP contribution in [-0.4, -0.2) is 18.4 Å². The molecule has 0 aromatic heterocycles. The van der Waals surface area contributed by atoms with E-state index in [4.69, 9.17) is 5.73 Å². The van der Waals surface area contributed by atoms with Crippen molar-refractivity contribution in [2.24, 2.45) is 23.5 Å².